The molecule has 0 radical (unpaired) electrons. The molecule has 0 saturated carbocycles. The number of aliphatic hydroxyl groups is 1. The van der Waals surface area contributed by atoms with Crippen LogP contribution in [0.25, 0.3) is 0 Å². The molecule has 3 nitrogen and oxygen atoms in total. The van der Waals surface area contributed by atoms with Gasteiger partial charge in [0.1, 0.15) is 0 Å². The molecule has 3 heteroatoms. The Morgan fingerprint density at radius 3 is 2.47 bits per heavy atom. The van der Waals surface area contributed by atoms with Crippen molar-refractivity contribution < 1.29 is 9.90 Å². The maximum absolute atomic E-state index is 11.6. The lowest BCUT2D eigenvalue weighted by Crippen LogP contribution is -2.46. The molecule has 0 bridgehead atoms. The van der Waals surface area contributed by atoms with Gasteiger partial charge in [0, 0.05) is 18.6 Å². The van der Waals surface area contributed by atoms with Crippen molar-refractivity contribution in [2.24, 2.45) is 5.92 Å². The Morgan fingerprint density at radius 2 is 2.07 bits per heavy atom. The van der Waals surface area contributed by atoms with Crippen molar-refractivity contribution in [1.82, 2.24) is 5.32 Å². The van der Waals surface area contributed by atoms with Crippen LogP contribution in [0.15, 0.2) is 0 Å². The zero-order chi connectivity index (χ0) is 11.9. The van der Waals surface area contributed by atoms with Crippen LogP contribution >= 0.6 is 0 Å². The number of hydrogen-bond acceptors (Lipinski definition) is 2. The minimum absolute atomic E-state index is 0.0986. The van der Waals surface area contributed by atoms with Crippen LogP contribution in [0.4, 0.5) is 0 Å². The Kier molecular flexibility index (Phi) is 6.57. The molecule has 0 aromatic rings. The van der Waals surface area contributed by atoms with Crippen LogP contribution in [-0.2, 0) is 4.79 Å². The van der Waals surface area contributed by atoms with Gasteiger partial charge in [0.25, 0.3) is 0 Å². The van der Waals surface area contributed by atoms with Gasteiger partial charge >= 0.3 is 0 Å². The largest absolute Gasteiger partial charge is 0.396 e. The zero-order valence-corrected chi connectivity index (χ0v) is 10.5. The maximum atomic E-state index is 11.6. The molecule has 0 aliphatic heterocycles. The normalized spacial score (nSPS) is 15.1. The molecular formula is C12H25NO2. The zero-order valence-electron chi connectivity index (χ0n) is 10.5. The number of nitrogens with one attached hydrogen (secondary N) is 1. The summed E-state index contributed by atoms with van der Waals surface area (Å²) in [6.45, 7) is 8.35. The second-order valence-corrected chi connectivity index (χ2v) is 4.87. The second kappa shape index (κ2) is 6.83. The lowest BCUT2D eigenvalue weighted by atomic mass is 9.94. The molecule has 0 aromatic heterocycles. The summed E-state index contributed by atoms with van der Waals surface area (Å²) in [5.41, 5.74) is -0.247. The summed E-state index contributed by atoms with van der Waals surface area (Å²) in [6, 6.07) is 0. The van der Waals surface area contributed by atoms with E-state index in [9.17, 15) is 4.79 Å². The third-order valence-corrected chi connectivity index (χ3v) is 2.83. The van der Waals surface area contributed by atoms with Crippen molar-refractivity contribution >= 4 is 5.91 Å². The van der Waals surface area contributed by atoms with Gasteiger partial charge in [-0.05, 0) is 32.1 Å². The van der Waals surface area contributed by atoms with Gasteiger partial charge in [-0.1, -0.05) is 20.8 Å². The average molecular weight is 215 g/mol. The number of carbonyl (C=O) groups is 1. The fourth-order valence-corrected chi connectivity index (χ4v) is 1.39. The predicted molar refractivity (Wildman–Crippen MR) is 62.6 cm³/mol. The van der Waals surface area contributed by atoms with Crippen molar-refractivity contribution in [3.05, 3.63) is 0 Å². The molecule has 0 fully saturated rings. The highest BCUT2D eigenvalue weighted by atomic mass is 16.3. The van der Waals surface area contributed by atoms with Crippen LogP contribution in [0.2, 0.25) is 0 Å². The van der Waals surface area contributed by atoms with Crippen molar-refractivity contribution in [2.75, 3.05) is 6.61 Å². The second-order valence-electron chi connectivity index (χ2n) is 4.87. The van der Waals surface area contributed by atoms with E-state index in [1.165, 1.54) is 0 Å². The smallest absolute Gasteiger partial charge is 0.220 e. The van der Waals surface area contributed by atoms with E-state index in [0.29, 0.717) is 18.8 Å². The number of rotatable bonds is 7. The van der Waals surface area contributed by atoms with Gasteiger partial charge in [-0.2, -0.15) is 0 Å². The van der Waals surface area contributed by atoms with E-state index in [1.54, 1.807) is 0 Å². The van der Waals surface area contributed by atoms with E-state index >= 15 is 0 Å². The Labute approximate surface area is 93.3 Å². The molecule has 0 aromatic carbocycles. The summed E-state index contributed by atoms with van der Waals surface area (Å²) >= 11 is 0. The van der Waals surface area contributed by atoms with Crippen LogP contribution in [0, 0.1) is 5.92 Å². The molecule has 1 amide bonds. The van der Waals surface area contributed by atoms with Crippen LogP contribution in [0.1, 0.15) is 53.4 Å². The summed E-state index contributed by atoms with van der Waals surface area (Å²) in [5, 5.41) is 11.9. The van der Waals surface area contributed by atoms with Crippen molar-refractivity contribution in [2.45, 2.75) is 58.9 Å². The van der Waals surface area contributed by atoms with Gasteiger partial charge in [0.15, 0.2) is 0 Å². The first-order valence-electron chi connectivity index (χ1n) is 5.85. The van der Waals surface area contributed by atoms with Crippen LogP contribution < -0.4 is 5.32 Å². The van der Waals surface area contributed by atoms with Gasteiger partial charge < -0.3 is 10.4 Å². The van der Waals surface area contributed by atoms with E-state index in [2.05, 4.69) is 19.2 Å². The first-order chi connectivity index (χ1) is 6.93. The summed E-state index contributed by atoms with van der Waals surface area (Å²) in [6.07, 6.45) is 2.97. The van der Waals surface area contributed by atoms with Crippen LogP contribution in [-0.4, -0.2) is 23.2 Å². The minimum Gasteiger partial charge on any atom is -0.396 e. The van der Waals surface area contributed by atoms with E-state index in [-0.39, 0.29) is 18.1 Å². The van der Waals surface area contributed by atoms with E-state index in [1.807, 2.05) is 13.8 Å². The van der Waals surface area contributed by atoms with Gasteiger partial charge in [0.2, 0.25) is 5.91 Å². The Morgan fingerprint density at radius 1 is 1.47 bits per heavy atom. The van der Waals surface area contributed by atoms with Gasteiger partial charge in [-0.3, -0.25) is 4.79 Å². The monoisotopic (exact) mass is 215 g/mol. The molecule has 2 N–H and O–H groups in total. The molecule has 0 aliphatic carbocycles. The maximum Gasteiger partial charge on any atom is 0.220 e. The number of amides is 1. The average Bonchev–Trinajstić information content (AvgIpc) is 2.15. The quantitative estimate of drug-likeness (QED) is 0.683. The van der Waals surface area contributed by atoms with Crippen LogP contribution in [0.3, 0.4) is 0 Å². The summed E-state index contributed by atoms with van der Waals surface area (Å²) in [7, 11) is 0. The number of aliphatic hydroxyl groups excluding tert-OH is 1. The van der Waals surface area contributed by atoms with E-state index < -0.39 is 0 Å². The standard InChI is InChI=1S/C12H25NO2/c1-5-12(4,8-9-14)13-11(15)7-6-10(2)3/h10,14H,5-9H2,1-4H3,(H,13,15). The predicted octanol–water partition coefficient (Wildman–Crippen LogP) is 2.09. The van der Waals surface area contributed by atoms with Gasteiger partial charge in [-0.25, -0.2) is 0 Å². The van der Waals surface area contributed by atoms with Gasteiger partial charge in [-0.15, -0.1) is 0 Å². The van der Waals surface area contributed by atoms with Crippen molar-refractivity contribution in [3.63, 3.8) is 0 Å². The first kappa shape index (κ1) is 14.4. The molecule has 1 unspecified atom stereocenters. The number of carbonyl (C=O) groups excluding carboxylic acids is 1. The summed E-state index contributed by atoms with van der Waals surface area (Å²) < 4.78 is 0. The highest BCUT2D eigenvalue weighted by Gasteiger charge is 2.23. The highest BCUT2D eigenvalue weighted by molar-refractivity contribution is 5.76. The Balaban J connectivity index is 4.01. The minimum atomic E-state index is -0.247. The molecule has 0 aliphatic rings. The SMILES string of the molecule is CCC(C)(CCO)NC(=O)CCC(C)C. The Hall–Kier alpha value is -0.570. The topological polar surface area (TPSA) is 49.3 Å². The molecule has 15 heavy (non-hydrogen) atoms. The third-order valence-electron chi connectivity index (χ3n) is 2.83. The highest BCUT2D eigenvalue weighted by Crippen LogP contribution is 2.14. The molecule has 90 valence electrons. The molecule has 1 atom stereocenters. The fourth-order valence-electron chi connectivity index (χ4n) is 1.39. The molecule has 0 rings (SSSR count). The fraction of sp³-hybridized carbons (Fsp3) is 0.917. The van der Waals surface area contributed by atoms with Crippen molar-refractivity contribution in [1.29, 1.82) is 0 Å². The Bertz CT molecular complexity index is 192. The number of hydrogen-bond donors (Lipinski definition) is 2. The lowest BCUT2D eigenvalue weighted by molar-refractivity contribution is -0.123. The summed E-state index contributed by atoms with van der Waals surface area (Å²) in [4.78, 5) is 11.6. The third kappa shape index (κ3) is 6.50. The van der Waals surface area contributed by atoms with Gasteiger partial charge in [0.05, 0.1) is 0 Å². The van der Waals surface area contributed by atoms with Crippen molar-refractivity contribution in [3.8, 4) is 0 Å². The first-order valence-corrected chi connectivity index (χ1v) is 5.85. The molecular weight excluding hydrogens is 190 g/mol. The lowest BCUT2D eigenvalue weighted by Gasteiger charge is -2.29. The van der Waals surface area contributed by atoms with E-state index in [4.69, 9.17) is 5.11 Å². The van der Waals surface area contributed by atoms with Crippen LogP contribution in [0.5, 0.6) is 0 Å². The van der Waals surface area contributed by atoms with E-state index in [0.717, 1.165) is 12.8 Å². The molecule has 0 heterocycles. The molecule has 0 spiro atoms. The summed E-state index contributed by atoms with van der Waals surface area (Å²) in [5.74, 6) is 0.656. The molecule has 0 saturated heterocycles.